The summed E-state index contributed by atoms with van der Waals surface area (Å²) in [5, 5.41) is 0. The van der Waals surface area contributed by atoms with Crippen molar-refractivity contribution in [2.45, 2.75) is 39.4 Å². The molecule has 1 aliphatic heterocycles. The highest BCUT2D eigenvalue weighted by atomic mass is 16.7. The van der Waals surface area contributed by atoms with E-state index < -0.39 is 0 Å². The Morgan fingerprint density at radius 1 is 1.50 bits per heavy atom. The molecule has 0 unspecified atom stereocenters. The smallest absolute Gasteiger partial charge is 0.148 e. The molecule has 0 aromatic rings. The van der Waals surface area contributed by atoms with Crippen LogP contribution in [0, 0.1) is 5.92 Å². The third-order valence-electron chi connectivity index (χ3n) is 2.64. The summed E-state index contributed by atoms with van der Waals surface area (Å²) in [6.07, 6.45) is 0.229. The van der Waals surface area contributed by atoms with Gasteiger partial charge in [0.25, 0.3) is 0 Å². The van der Waals surface area contributed by atoms with Gasteiger partial charge in [0.05, 0.1) is 11.7 Å². The first-order valence-electron chi connectivity index (χ1n) is 3.83. The summed E-state index contributed by atoms with van der Waals surface area (Å²) >= 11 is 0. The maximum absolute atomic E-state index is 5.49. The van der Waals surface area contributed by atoms with Crippen LogP contribution in [0.25, 0.3) is 0 Å². The topological polar surface area (TPSA) is 18.5 Å². The fourth-order valence-corrected chi connectivity index (χ4v) is 1.18. The van der Waals surface area contributed by atoms with Crippen molar-refractivity contribution in [2.75, 3.05) is 6.79 Å². The summed E-state index contributed by atoms with van der Waals surface area (Å²) in [6.45, 7) is 8.94. The van der Waals surface area contributed by atoms with Gasteiger partial charge in [-0.25, -0.2) is 0 Å². The predicted molar refractivity (Wildman–Crippen MR) is 39.7 cm³/mol. The van der Waals surface area contributed by atoms with Crippen LogP contribution in [0.3, 0.4) is 0 Å². The van der Waals surface area contributed by atoms with Crippen molar-refractivity contribution in [1.29, 1.82) is 0 Å². The molecule has 1 rings (SSSR count). The summed E-state index contributed by atoms with van der Waals surface area (Å²) < 4.78 is 10.8. The van der Waals surface area contributed by atoms with E-state index in [9.17, 15) is 0 Å². The third kappa shape index (κ3) is 1.06. The molecule has 60 valence electrons. The molecule has 0 saturated carbocycles. The van der Waals surface area contributed by atoms with Crippen molar-refractivity contribution in [3.63, 3.8) is 0 Å². The van der Waals surface area contributed by atoms with Gasteiger partial charge in [0.2, 0.25) is 0 Å². The van der Waals surface area contributed by atoms with Crippen LogP contribution in [-0.2, 0) is 9.47 Å². The average molecular weight is 144 g/mol. The Morgan fingerprint density at radius 3 is 2.30 bits per heavy atom. The first-order chi connectivity index (χ1) is 4.57. The Labute approximate surface area is 62.5 Å². The largest absolute Gasteiger partial charge is 0.349 e. The molecular weight excluding hydrogens is 128 g/mol. The lowest BCUT2D eigenvalue weighted by Crippen LogP contribution is -2.39. The molecule has 0 N–H and O–H groups in total. The average Bonchev–Trinajstić information content (AvgIpc) is 2.15. The van der Waals surface area contributed by atoms with Crippen LogP contribution in [-0.4, -0.2) is 18.5 Å². The van der Waals surface area contributed by atoms with Gasteiger partial charge in [-0.05, 0) is 19.8 Å². The standard InChI is InChI=1S/C8H16O2/c1-6(2)8(4)7(3)9-5-10-8/h6-7H,5H2,1-4H3/t7-,8-/m1/s1. The molecule has 2 atom stereocenters. The van der Waals surface area contributed by atoms with E-state index in [0.717, 1.165) is 0 Å². The van der Waals surface area contributed by atoms with E-state index in [4.69, 9.17) is 9.47 Å². The summed E-state index contributed by atoms with van der Waals surface area (Å²) in [4.78, 5) is 0. The van der Waals surface area contributed by atoms with Gasteiger partial charge >= 0.3 is 0 Å². The number of hydrogen-bond donors (Lipinski definition) is 0. The van der Waals surface area contributed by atoms with E-state index in [1.165, 1.54) is 0 Å². The molecule has 0 spiro atoms. The van der Waals surface area contributed by atoms with E-state index in [1.54, 1.807) is 0 Å². The summed E-state index contributed by atoms with van der Waals surface area (Å²) in [5.74, 6) is 0.519. The van der Waals surface area contributed by atoms with Crippen LogP contribution < -0.4 is 0 Å². The lowest BCUT2D eigenvalue weighted by molar-refractivity contribution is -0.0277. The van der Waals surface area contributed by atoms with E-state index in [2.05, 4.69) is 27.7 Å². The van der Waals surface area contributed by atoms with Crippen molar-refractivity contribution in [3.8, 4) is 0 Å². The highest BCUT2D eigenvalue weighted by molar-refractivity contribution is 4.87. The molecule has 0 aromatic heterocycles. The minimum Gasteiger partial charge on any atom is -0.349 e. The minimum absolute atomic E-state index is 0.0694. The monoisotopic (exact) mass is 144 g/mol. The Morgan fingerprint density at radius 2 is 2.10 bits per heavy atom. The van der Waals surface area contributed by atoms with Gasteiger partial charge in [-0.2, -0.15) is 0 Å². The molecule has 0 aliphatic carbocycles. The maximum Gasteiger partial charge on any atom is 0.148 e. The zero-order chi connectivity index (χ0) is 7.78. The Balaban J connectivity index is 2.66. The summed E-state index contributed by atoms with van der Waals surface area (Å²) in [7, 11) is 0. The van der Waals surface area contributed by atoms with Crippen molar-refractivity contribution in [2.24, 2.45) is 5.92 Å². The second-order valence-electron chi connectivity index (χ2n) is 3.41. The molecule has 1 fully saturated rings. The Kier molecular flexibility index (Phi) is 2.02. The zero-order valence-corrected chi connectivity index (χ0v) is 7.18. The maximum atomic E-state index is 5.49. The highest BCUT2D eigenvalue weighted by Crippen LogP contribution is 2.31. The Hall–Kier alpha value is -0.0800. The normalized spacial score (nSPS) is 41.1. The van der Waals surface area contributed by atoms with Crippen LogP contribution in [0.1, 0.15) is 27.7 Å². The molecular formula is C8H16O2. The third-order valence-corrected chi connectivity index (χ3v) is 2.64. The second kappa shape index (κ2) is 2.51. The summed E-state index contributed by atoms with van der Waals surface area (Å²) in [6, 6.07) is 0. The molecule has 2 heteroatoms. The molecule has 0 amide bonds. The number of ether oxygens (including phenoxy) is 2. The fourth-order valence-electron chi connectivity index (χ4n) is 1.18. The minimum atomic E-state index is -0.0694. The second-order valence-corrected chi connectivity index (χ2v) is 3.41. The van der Waals surface area contributed by atoms with Crippen LogP contribution in [0.15, 0.2) is 0 Å². The van der Waals surface area contributed by atoms with Gasteiger partial charge < -0.3 is 9.47 Å². The molecule has 0 bridgehead atoms. The van der Waals surface area contributed by atoms with Crippen LogP contribution >= 0.6 is 0 Å². The molecule has 0 radical (unpaired) electrons. The first kappa shape index (κ1) is 8.02. The van der Waals surface area contributed by atoms with Gasteiger partial charge in [-0.3, -0.25) is 0 Å². The van der Waals surface area contributed by atoms with Crippen LogP contribution in [0.2, 0.25) is 0 Å². The quantitative estimate of drug-likeness (QED) is 0.558. The fraction of sp³-hybridized carbons (Fsp3) is 1.00. The van der Waals surface area contributed by atoms with Gasteiger partial charge in [-0.1, -0.05) is 13.8 Å². The lowest BCUT2D eigenvalue weighted by Gasteiger charge is -2.30. The van der Waals surface area contributed by atoms with Crippen molar-refractivity contribution >= 4 is 0 Å². The Bertz CT molecular complexity index is 122. The predicted octanol–water partition coefficient (Wildman–Crippen LogP) is 1.79. The van der Waals surface area contributed by atoms with Crippen molar-refractivity contribution in [1.82, 2.24) is 0 Å². The van der Waals surface area contributed by atoms with Crippen LogP contribution in [0.5, 0.6) is 0 Å². The molecule has 1 heterocycles. The van der Waals surface area contributed by atoms with E-state index >= 15 is 0 Å². The van der Waals surface area contributed by atoms with E-state index in [-0.39, 0.29) is 11.7 Å². The molecule has 1 saturated heterocycles. The van der Waals surface area contributed by atoms with Crippen molar-refractivity contribution in [3.05, 3.63) is 0 Å². The molecule has 10 heavy (non-hydrogen) atoms. The molecule has 1 aliphatic rings. The highest BCUT2D eigenvalue weighted by Gasteiger charge is 2.40. The SMILES string of the molecule is CC(C)[C@@]1(C)OCO[C@@H]1C. The zero-order valence-electron chi connectivity index (χ0n) is 7.18. The first-order valence-corrected chi connectivity index (χ1v) is 3.83. The number of rotatable bonds is 1. The van der Waals surface area contributed by atoms with Gasteiger partial charge in [0, 0.05) is 0 Å². The molecule has 2 nitrogen and oxygen atoms in total. The van der Waals surface area contributed by atoms with Gasteiger partial charge in [-0.15, -0.1) is 0 Å². The van der Waals surface area contributed by atoms with Crippen LogP contribution in [0.4, 0.5) is 0 Å². The van der Waals surface area contributed by atoms with Gasteiger partial charge in [0.1, 0.15) is 6.79 Å². The molecule has 0 aromatic carbocycles. The van der Waals surface area contributed by atoms with E-state index in [1.807, 2.05) is 0 Å². The van der Waals surface area contributed by atoms with E-state index in [0.29, 0.717) is 12.7 Å². The summed E-state index contributed by atoms with van der Waals surface area (Å²) in [5.41, 5.74) is -0.0694. The van der Waals surface area contributed by atoms with Crippen molar-refractivity contribution < 1.29 is 9.47 Å². The lowest BCUT2D eigenvalue weighted by atomic mass is 9.88. The number of hydrogen-bond acceptors (Lipinski definition) is 2. The van der Waals surface area contributed by atoms with Gasteiger partial charge in [0.15, 0.2) is 0 Å².